The van der Waals surface area contributed by atoms with Gasteiger partial charge in [-0.05, 0) is 44.6 Å². The predicted octanol–water partition coefficient (Wildman–Crippen LogP) is 6.95. The molecule has 0 unspecified atom stereocenters. The van der Waals surface area contributed by atoms with E-state index in [1.54, 1.807) is 6.07 Å². The second-order valence-corrected chi connectivity index (χ2v) is 10.2. The SMILES string of the molecule is CC(C)(C)c1cc(C(C)(C)C)c(-c2ccccc2O)c(C(C)(C)C)c1. The Hall–Kier alpha value is -1.76. The molecule has 1 heteroatoms. The molecule has 1 N–H and O–H groups in total. The van der Waals surface area contributed by atoms with E-state index in [0.717, 1.165) is 5.56 Å². The van der Waals surface area contributed by atoms with Crippen molar-refractivity contribution >= 4 is 0 Å². The molecular formula is C24H34O. The van der Waals surface area contributed by atoms with Crippen LogP contribution in [-0.2, 0) is 16.2 Å². The zero-order chi connectivity index (χ0) is 19.2. The van der Waals surface area contributed by atoms with E-state index in [2.05, 4.69) is 74.4 Å². The van der Waals surface area contributed by atoms with Crippen molar-refractivity contribution in [3.8, 4) is 16.9 Å². The zero-order valence-corrected chi connectivity index (χ0v) is 17.4. The van der Waals surface area contributed by atoms with Gasteiger partial charge in [0.25, 0.3) is 0 Å². The van der Waals surface area contributed by atoms with Gasteiger partial charge in [0.15, 0.2) is 0 Å². The normalized spacial score (nSPS) is 13.2. The molecule has 1 nitrogen and oxygen atoms in total. The maximum atomic E-state index is 10.6. The Kier molecular flexibility index (Phi) is 4.85. The lowest BCUT2D eigenvalue weighted by atomic mass is 9.71. The van der Waals surface area contributed by atoms with Crippen LogP contribution < -0.4 is 0 Å². The summed E-state index contributed by atoms with van der Waals surface area (Å²) in [7, 11) is 0. The predicted molar refractivity (Wildman–Crippen MR) is 110 cm³/mol. The summed E-state index contributed by atoms with van der Waals surface area (Å²) in [6.07, 6.45) is 0. The van der Waals surface area contributed by atoms with Crippen molar-refractivity contribution in [2.24, 2.45) is 0 Å². The molecule has 0 spiro atoms. The Morgan fingerprint density at radius 1 is 0.640 bits per heavy atom. The van der Waals surface area contributed by atoms with Gasteiger partial charge in [-0.15, -0.1) is 0 Å². The van der Waals surface area contributed by atoms with Gasteiger partial charge in [0.1, 0.15) is 5.75 Å². The van der Waals surface area contributed by atoms with Crippen LogP contribution >= 0.6 is 0 Å². The molecule has 0 amide bonds. The average Bonchev–Trinajstić information content (AvgIpc) is 2.43. The Balaban J connectivity index is 3.00. The van der Waals surface area contributed by atoms with Crippen LogP contribution in [0.15, 0.2) is 36.4 Å². The molecule has 0 aliphatic heterocycles. The van der Waals surface area contributed by atoms with Crippen LogP contribution in [0.4, 0.5) is 0 Å². The van der Waals surface area contributed by atoms with Crippen LogP contribution in [0.25, 0.3) is 11.1 Å². The van der Waals surface area contributed by atoms with Gasteiger partial charge < -0.3 is 5.11 Å². The molecule has 2 aromatic carbocycles. The van der Waals surface area contributed by atoms with E-state index >= 15 is 0 Å². The van der Waals surface area contributed by atoms with Crippen LogP contribution in [0.2, 0.25) is 0 Å². The summed E-state index contributed by atoms with van der Waals surface area (Å²) in [5.74, 6) is 0.349. The fraction of sp³-hybridized carbons (Fsp3) is 0.500. The van der Waals surface area contributed by atoms with Crippen LogP contribution in [-0.4, -0.2) is 5.11 Å². The lowest BCUT2D eigenvalue weighted by Crippen LogP contribution is -2.22. The van der Waals surface area contributed by atoms with E-state index in [1.807, 2.05) is 18.2 Å². The molecule has 0 aliphatic rings. The van der Waals surface area contributed by atoms with Gasteiger partial charge in [0.2, 0.25) is 0 Å². The fourth-order valence-electron chi connectivity index (χ4n) is 3.23. The molecule has 2 rings (SSSR count). The molecule has 0 aromatic heterocycles. The summed E-state index contributed by atoms with van der Waals surface area (Å²) in [6, 6.07) is 12.4. The molecule has 0 saturated carbocycles. The van der Waals surface area contributed by atoms with Gasteiger partial charge in [0.05, 0.1) is 0 Å². The first-order valence-electron chi connectivity index (χ1n) is 9.21. The number of aromatic hydroxyl groups is 1. The summed E-state index contributed by atoms with van der Waals surface area (Å²) in [5.41, 5.74) is 6.11. The largest absolute Gasteiger partial charge is 0.507 e. The third-order valence-corrected chi connectivity index (χ3v) is 4.79. The average molecular weight is 339 g/mol. The van der Waals surface area contributed by atoms with E-state index in [-0.39, 0.29) is 16.2 Å². The van der Waals surface area contributed by atoms with Crippen molar-refractivity contribution in [3.63, 3.8) is 0 Å². The van der Waals surface area contributed by atoms with Gasteiger partial charge in [-0.2, -0.15) is 0 Å². The minimum atomic E-state index is -0.0150. The van der Waals surface area contributed by atoms with Crippen LogP contribution in [0.3, 0.4) is 0 Å². The molecule has 0 bridgehead atoms. The minimum Gasteiger partial charge on any atom is -0.507 e. The first-order chi connectivity index (χ1) is 11.2. The quantitative estimate of drug-likeness (QED) is 0.596. The van der Waals surface area contributed by atoms with Gasteiger partial charge in [-0.1, -0.05) is 92.6 Å². The van der Waals surface area contributed by atoms with Crippen molar-refractivity contribution in [1.29, 1.82) is 0 Å². The third kappa shape index (κ3) is 4.08. The van der Waals surface area contributed by atoms with Crippen molar-refractivity contribution in [2.75, 3.05) is 0 Å². The lowest BCUT2D eigenvalue weighted by Gasteiger charge is -2.34. The highest BCUT2D eigenvalue weighted by molar-refractivity contribution is 5.78. The number of rotatable bonds is 1. The smallest absolute Gasteiger partial charge is 0.123 e. The Morgan fingerprint density at radius 2 is 1.08 bits per heavy atom. The van der Waals surface area contributed by atoms with Crippen LogP contribution in [0, 0.1) is 0 Å². The van der Waals surface area contributed by atoms with Crippen molar-refractivity contribution in [2.45, 2.75) is 78.6 Å². The number of hydrogen-bond acceptors (Lipinski definition) is 1. The maximum Gasteiger partial charge on any atom is 0.123 e. The Morgan fingerprint density at radius 3 is 1.44 bits per heavy atom. The van der Waals surface area contributed by atoms with E-state index < -0.39 is 0 Å². The second-order valence-electron chi connectivity index (χ2n) is 10.2. The van der Waals surface area contributed by atoms with E-state index in [1.165, 1.54) is 22.3 Å². The van der Waals surface area contributed by atoms with E-state index in [9.17, 15) is 5.11 Å². The topological polar surface area (TPSA) is 20.2 Å². The second kappa shape index (κ2) is 6.20. The van der Waals surface area contributed by atoms with Gasteiger partial charge in [-0.3, -0.25) is 0 Å². The van der Waals surface area contributed by atoms with E-state index in [0.29, 0.717) is 5.75 Å². The van der Waals surface area contributed by atoms with Gasteiger partial charge in [0, 0.05) is 5.56 Å². The highest BCUT2D eigenvalue weighted by Gasteiger charge is 2.30. The fourth-order valence-corrected chi connectivity index (χ4v) is 3.23. The number of hydrogen-bond donors (Lipinski definition) is 1. The molecular weight excluding hydrogens is 304 g/mol. The summed E-state index contributed by atoms with van der Waals surface area (Å²) in [6.45, 7) is 20.3. The maximum absolute atomic E-state index is 10.6. The first-order valence-corrected chi connectivity index (χ1v) is 9.21. The highest BCUT2D eigenvalue weighted by Crippen LogP contribution is 2.45. The van der Waals surface area contributed by atoms with E-state index in [4.69, 9.17) is 0 Å². The van der Waals surface area contributed by atoms with Gasteiger partial charge >= 0.3 is 0 Å². The molecule has 25 heavy (non-hydrogen) atoms. The molecule has 0 fully saturated rings. The van der Waals surface area contributed by atoms with Crippen molar-refractivity contribution in [1.82, 2.24) is 0 Å². The summed E-state index contributed by atoms with van der Waals surface area (Å²) >= 11 is 0. The number of para-hydroxylation sites is 1. The highest BCUT2D eigenvalue weighted by atomic mass is 16.3. The monoisotopic (exact) mass is 338 g/mol. The number of benzene rings is 2. The summed E-state index contributed by atoms with van der Waals surface area (Å²) in [5, 5.41) is 10.6. The lowest BCUT2D eigenvalue weighted by molar-refractivity contribution is 0.476. The van der Waals surface area contributed by atoms with Crippen molar-refractivity contribution < 1.29 is 5.11 Å². The number of phenols is 1. The summed E-state index contributed by atoms with van der Waals surface area (Å²) in [4.78, 5) is 0. The third-order valence-electron chi connectivity index (χ3n) is 4.79. The molecule has 0 atom stereocenters. The van der Waals surface area contributed by atoms with Crippen molar-refractivity contribution in [3.05, 3.63) is 53.1 Å². The minimum absolute atomic E-state index is 0.0150. The summed E-state index contributed by atoms with van der Waals surface area (Å²) < 4.78 is 0. The Labute approximate surface area is 154 Å². The molecule has 0 aliphatic carbocycles. The Bertz CT molecular complexity index is 727. The molecule has 0 radical (unpaired) electrons. The van der Waals surface area contributed by atoms with Crippen LogP contribution in [0.1, 0.15) is 79.0 Å². The first kappa shape index (κ1) is 19.6. The molecule has 0 heterocycles. The van der Waals surface area contributed by atoms with Crippen LogP contribution in [0.5, 0.6) is 5.75 Å². The zero-order valence-electron chi connectivity index (χ0n) is 17.4. The molecule has 136 valence electrons. The molecule has 2 aromatic rings. The standard InChI is InChI=1S/C24H34O/c1-22(2,3)16-14-18(23(4,5)6)21(19(15-16)24(7,8)9)17-12-10-11-13-20(17)25/h10-15,25H,1-9H3. The van der Waals surface area contributed by atoms with Gasteiger partial charge in [-0.25, -0.2) is 0 Å². The molecule has 0 saturated heterocycles. The number of phenolic OH excluding ortho intramolecular Hbond substituents is 1.